The summed E-state index contributed by atoms with van der Waals surface area (Å²) in [5.74, 6) is -0.150. The van der Waals surface area contributed by atoms with E-state index < -0.39 is 21.7 Å². The summed E-state index contributed by atoms with van der Waals surface area (Å²) in [6, 6.07) is 6.58. The Bertz CT molecular complexity index is 1280. The Hall–Kier alpha value is -3.18. The number of piperidine rings is 2. The van der Waals surface area contributed by atoms with Crippen molar-refractivity contribution in [3.8, 4) is 0 Å². The third-order valence-electron chi connectivity index (χ3n) is 5.79. The average molecular weight is 446 g/mol. The molecule has 0 radical (unpaired) electrons. The maximum Gasteiger partial charge on any atom is 0.310 e. The number of fused-ring (bicyclic) bond motifs is 3. The van der Waals surface area contributed by atoms with Gasteiger partial charge in [-0.05, 0) is 42.9 Å². The zero-order valence-corrected chi connectivity index (χ0v) is 17.0. The number of aromatic nitrogens is 1. The molecule has 2 aliphatic heterocycles. The van der Waals surface area contributed by atoms with Gasteiger partial charge in [0.2, 0.25) is 0 Å². The van der Waals surface area contributed by atoms with Crippen LogP contribution in [-0.4, -0.2) is 37.6 Å². The molecule has 3 aliphatic rings. The summed E-state index contributed by atoms with van der Waals surface area (Å²) in [4.78, 5) is 17.5. The number of carbonyl (C=O) groups excluding carboxylic acids is 1. The number of hydrogen-bond donors (Lipinski definition) is 3. The number of nitrogens with one attached hydrogen (secondary N) is 2. The molecule has 6 rings (SSSR count). The molecule has 4 heterocycles. The molecule has 2 saturated heterocycles. The van der Waals surface area contributed by atoms with Crippen LogP contribution >= 0.6 is 0 Å². The maximum atomic E-state index is 13.9. The zero-order valence-electron chi connectivity index (χ0n) is 16.2. The van der Waals surface area contributed by atoms with Crippen molar-refractivity contribution in [2.45, 2.75) is 17.7 Å². The Morgan fingerprint density at radius 1 is 1.19 bits per heavy atom. The molecule has 2 bridgehead atoms. The molecule has 1 aliphatic carbocycles. The molecular formula is C20H19FN4O5S. The van der Waals surface area contributed by atoms with Crippen molar-refractivity contribution >= 4 is 38.4 Å². The molecule has 2 aromatic heterocycles. The second-order valence-electron chi connectivity index (χ2n) is 7.99. The summed E-state index contributed by atoms with van der Waals surface area (Å²) in [6.07, 6.45) is 3.41. The number of halogens is 1. The van der Waals surface area contributed by atoms with Crippen LogP contribution in [0.4, 0.5) is 15.9 Å². The SMILES string of the molecule is O=C(NO)c1cc2ccc(S(=O)(=O)Nc3cc(F)cnc3N3CC4CC(C4)C3)cc2o1. The first-order chi connectivity index (χ1) is 14.8. The minimum Gasteiger partial charge on any atom is -0.451 e. The number of pyridine rings is 1. The number of nitrogens with zero attached hydrogens (tertiary/aromatic N) is 2. The summed E-state index contributed by atoms with van der Waals surface area (Å²) >= 11 is 0. The Labute approximate surface area is 176 Å². The van der Waals surface area contributed by atoms with E-state index in [9.17, 15) is 17.6 Å². The van der Waals surface area contributed by atoms with E-state index in [1.807, 2.05) is 4.90 Å². The lowest BCUT2D eigenvalue weighted by atomic mass is 9.71. The smallest absolute Gasteiger partial charge is 0.310 e. The summed E-state index contributed by atoms with van der Waals surface area (Å²) < 4.78 is 47.7. The van der Waals surface area contributed by atoms with Gasteiger partial charge in [0.05, 0.1) is 16.8 Å². The summed E-state index contributed by atoms with van der Waals surface area (Å²) in [7, 11) is -4.09. The van der Waals surface area contributed by atoms with E-state index in [4.69, 9.17) is 9.62 Å². The molecule has 1 amide bonds. The topological polar surface area (TPSA) is 125 Å². The van der Waals surface area contributed by atoms with Gasteiger partial charge >= 0.3 is 5.91 Å². The third-order valence-corrected chi connectivity index (χ3v) is 7.16. The molecule has 0 unspecified atom stereocenters. The van der Waals surface area contributed by atoms with E-state index in [0.717, 1.165) is 38.2 Å². The first-order valence-electron chi connectivity index (χ1n) is 9.74. The number of carbonyl (C=O) groups is 1. The zero-order chi connectivity index (χ0) is 21.8. The van der Waals surface area contributed by atoms with Gasteiger partial charge in [0.1, 0.15) is 11.4 Å². The molecule has 11 heteroatoms. The standard InChI is InChI=1S/C20H19FN4O5S/c21-14-6-16(19(22-8-14)25-9-11-3-12(4-11)10-25)24-31(28,29)15-2-1-13-5-18(20(26)23-27)30-17(13)7-15/h1-2,5-8,11-12,24,27H,3-4,9-10H2,(H,23,26). The number of benzene rings is 1. The molecule has 3 fully saturated rings. The minimum atomic E-state index is -4.09. The highest BCUT2D eigenvalue weighted by molar-refractivity contribution is 7.92. The fourth-order valence-corrected chi connectivity index (χ4v) is 5.42. The van der Waals surface area contributed by atoms with Gasteiger partial charge in [-0.15, -0.1) is 0 Å². The Morgan fingerprint density at radius 2 is 1.94 bits per heavy atom. The number of anilines is 2. The lowest BCUT2D eigenvalue weighted by Gasteiger charge is -2.47. The monoisotopic (exact) mass is 446 g/mol. The van der Waals surface area contributed by atoms with Gasteiger partial charge in [-0.3, -0.25) is 14.7 Å². The van der Waals surface area contributed by atoms with Crippen molar-refractivity contribution in [3.05, 3.63) is 48.1 Å². The highest BCUT2D eigenvalue weighted by atomic mass is 32.2. The van der Waals surface area contributed by atoms with Crippen molar-refractivity contribution in [2.24, 2.45) is 11.8 Å². The highest BCUT2D eigenvalue weighted by Gasteiger charge is 2.38. The van der Waals surface area contributed by atoms with Crippen LogP contribution in [0.2, 0.25) is 0 Å². The Morgan fingerprint density at radius 3 is 2.65 bits per heavy atom. The van der Waals surface area contributed by atoms with E-state index in [-0.39, 0.29) is 21.9 Å². The van der Waals surface area contributed by atoms with Crippen molar-refractivity contribution in [2.75, 3.05) is 22.7 Å². The van der Waals surface area contributed by atoms with Crippen LogP contribution in [0, 0.1) is 17.7 Å². The fraction of sp³-hybridized carbons (Fsp3) is 0.300. The molecule has 1 saturated carbocycles. The van der Waals surface area contributed by atoms with Crippen LogP contribution in [0.15, 0.2) is 45.8 Å². The number of sulfonamides is 1. The molecule has 1 aromatic carbocycles. The second kappa shape index (κ2) is 7.20. The van der Waals surface area contributed by atoms with E-state index >= 15 is 0 Å². The number of rotatable bonds is 5. The van der Waals surface area contributed by atoms with Gasteiger partial charge in [0, 0.05) is 30.6 Å². The van der Waals surface area contributed by atoms with Crippen LogP contribution in [-0.2, 0) is 10.0 Å². The quantitative estimate of drug-likeness (QED) is 0.407. The van der Waals surface area contributed by atoms with E-state index in [1.54, 1.807) is 0 Å². The average Bonchev–Trinajstić information content (AvgIpc) is 3.16. The van der Waals surface area contributed by atoms with Gasteiger partial charge < -0.3 is 9.32 Å². The van der Waals surface area contributed by atoms with Crippen LogP contribution in [0.5, 0.6) is 0 Å². The molecule has 31 heavy (non-hydrogen) atoms. The van der Waals surface area contributed by atoms with E-state index in [0.29, 0.717) is 23.0 Å². The summed E-state index contributed by atoms with van der Waals surface area (Å²) in [5, 5.41) is 9.21. The van der Waals surface area contributed by atoms with Gasteiger partial charge in [0.25, 0.3) is 10.0 Å². The fourth-order valence-electron chi connectivity index (χ4n) is 4.35. The number of hydrogen-bond acceptors (Lipinski definition) is 7. The molecule has 9 nitrogen and oxygen atoms in total. The molecule has 3 N–H and O–H groups in total. The van der Waals surface area contributed by atoms with Gasteiger partial charge in [-0.25, -0.2) is 23.3 Å². The summed E-state index contributed by atoms with van der Waals surface area (Å²) in [5.41, 5.74) is 1.68. The second-order valence-corrected chi connectivity index (χ2v) is 9.67. The normalized spacial score (nSPS) is 20.4. The Balaban J connectivity index is 1.46. The van der Waals surface area contributed by atoms with Crippen molar-refractivity contribution in [3.63, 3.8) is 0 Å². The van der Waals surface area contributed by atoms with Gasteiger partial charge in [0.15, 0.2) is 11.6 Å². The van der Waals surface area contributed by atoms with Crippen LogP contribution in [0.3, 0.4) is 0 Å². The van der Waals surface area contributed by atoms with Crippen LogP contribution in [0.25, 0.3) is 11.0 Å². The molecule has 0 atom stereocenters. The first kappa shape index (κ1) is 19.8. The van der Waals surface area contributed by atoms with E-state index in [1.165, 1.54) is 29.7 Å². The highest BCUT2D eigenvalue weighted by Crippen LogP contribution is 2.42. The lowest BCUT2D eigenvalue weighted by Crippen LogP contribution is -2.49. The van der Waals surface area contributed by atoms with Crippen LogP contribution < -0.4 is 15.1 Å². The van der Waals surface area contributed by atoms with Gasteiger partial charge in [-0.1, -0.05) is 0 Å². The van der Waals surface area contributed by atoms with Gasteiger partial charge in [-0.2, -0.15) is 0 Å². The van der Waals surface area contributed by atoms with Crippen molar-refractivity contribution < 1.29 is 27.2 Å². The number of hydroxylamine groups is 1. The molecule has 3 aromatic rings. The summed E-state index contributed by atoms with van der Waals surface area (Å²) in [6.45, 7) is 1.52. The Kier molecular flexibility index (Phi) is 4.59. The first-order valence-corrected chi connectivity index (χ1v) is 11.2. The predicted molar refractivity (Wildman–Crippen MR) is 109 cm³/mol. The number of furan rings is 1. The maximum absolute atomic E-state index is 13.9. The molecule has 0 spiro atoms. The van der Waals surface area contributed by atoms with Crippen molar-refractivity contribution in [1.82, 2.24) is 10.5 Å². The van der Waals surface area contributed by atoms with E-state index in [2.05, 4.69) is 9.71 Å². The van der Waals surface area contributed by atoms with Crippen LogP contribution in [0.1, 0.15) is 23.4 Å². The predicted octanol–water partition coefficient (Wildman–Crippen LogP) is 2.73. The number of amides is 1. The van der Waals surface area contributed by atoms with Crippen molar-refractivity contribution in [1.29, 1.82) is 0 Å². The minimum absolute atomic E-state index is 0.0705. The molecular weight excluding hydrogens is 427 g/mol. The third kappa shape index (κ3) is 3.59. The largest absolute Gasteiger partial charge is 0.451 e. The lowest BCUT2D eigenvalue weighted by molar-refractivity contribution is 0.0678. The molecule has 162 valence electrons.